The molecule has 2 N–H and O–H groups in total. The summed E-state index contributed by atoms with van der Waals surface area (Å²) in [5.74, 6) is 1.06. The Morgan fingerprint density at radius 2 is 2.11 bits per heavy atom. The van der Waals surface area contributed by atoms with Crippen molar-refractivity contribution in [1.82, 2.24) is 14.5 Å². The summed E-state index contributed by atoms with van der Waals surface area (Å²) in [5, 5.41) is 0. The highest BCUT2D eigenvalue weighted by molar-refractivity contribution is 5.71. The first-order chi connectivity index (χ1) is 8.68. The van der Waals surface area contributed by atoms with E-state index in [0.29, 0.717) is 0 Å². The lowest BCUT2D eigenvalue weighted by Gasteiger charge is -2.33. The van der Waals surface area contributed by atoms with Gasteiger partial charge in [-0.2, -0.15) is 0 Å². The van der Waals surface area contributed by atoms with Gasteiger partial charge in [-0.1, -0.05) is 19.3 Å². The van der Waals surface area contributed by atoms with Crippen molar-refractivity contribution in [3.63, 3.8) is 0 Å². The lowest BCUT2D eigenvalue weighted by atomic mass is 9.80. The Balaban J connectivity index is 1.92. The molecule has 96 valence electrons. The van der Waals surface area contributed by atoms with E-state index in [1.807, 2.05) is 6.07 Å². The molecule has 4 nitrogen and oxygen atoms in total. The SMILES string of the molecule is Cn1c(CC2(N)CCCCC2)nc2ncccc21. The molecule has 0 aromatic carbocycles. The molecular formula is C14H20N4. The van der Waals surface area contributed by atoms with Gasteiger partial charge in [0.15, 0.2) is 5.65 Å². The number of nitrogens with zero attached hydrogens (tertiary/aromatic N) is 3. The summed E-state index contributed by atoms with van der Waals surface area (Å²) in [6, 6.07) is 4.01. The van der Waals surface area contributed by atoms with Gasteiger partial charge in [-0.25, -0.2) is 9.97 Å². The average molecular weight is 244 g/mol. The van der Waals surface area contributed by atoms with Crippen molar-refractivity contribution in [3.8, 4) is 0 Å². The van der Waals surface area contributed by atoms with Crippen LogP contribution >= 0.6 is 0 Å². The zero-order valence-electron chi connectivity index (χ0n) is 10.9. The summed E-state index contributed by atoms with van der Waals surface area (Å²) < 4.78 is 2.13. The Morgan fingerprint density at radius 1 is 1.33 bits per heavy atom. The van der Waals surface area contributed by atoms with Crippen LogP contribution in [0, 0.1) is 0 Å². The standard InChI is InChI=1S/C14H20N4/c1-18-11-6-5-9-16-13(11)17-12(18)10-14(15)7-3-2-4-8-14/h5-6,9H,2-4,7-8,10,15H2,1H3. The van der Waals surface area contributed by atoms with Crippen LogP contribution in [0.5, 0.6) is 0 Å². The van der Waals surface area contributed by atoms with Gasteiger partial charge in [-0.3, -0.25) is 0 Å². The molecule has 2 heterocycles. The normalized spacial score (nSPS) is 19.2. The fourth-order valence-corrected chi connectivity index (χ4v) is 2.98. The molecule has 0 unspecified atom stereocenters. The summed E-state index contributed by atoms with van der Waals surface area (Å²) in [7, 11) is 2.05. The quantitative estimate of drug-likeness (QED) is 0.880. The van der Waals surface area contributed by atoms with E-state index in [2.05, 4.69) is 27.6 Å². The van der Waals surface area contributed by atoms with Crippen molar-refractivity contribution < 1.29 is 0 Å². The molecule has 0 saturated heterocycles. The van der Waals surface area contributed by atoms with Gasteiger partial charge in [-0.05, 0) is 25.0 Å². The monoisotopic (exact) mass is 244 g/mol. The van der Waals surface area contributed by atoms with Gasteiger partial charge < -0.3 is 10.3 Å². The number of nitrogens with two attached hydrogens (primary N) is 1. The molecule has 18 heavy (non-hydrogen) atoms. The summed E-state index contributed by atoms with van der Waals surface area (Å²) in [5.41, 5.74) is 8.36. The van der Waals surface area contributed by atoms with Crippen LogP contribution < -0.4 is 5.73 Å². The number of pyridine rings is 1. The molecule has 2 aromatic rings. The van der Waals surface area contributed by atoms with Crippen molar-refractivity contribution in [1.29, 1.82) is 0 Å². The van der Waals surface area contributed by atoms with E-state index >= 15 is 0 Å². The van der Waals surface area contributed by atoms with Crippen molar-refractivity contribution >= 4 is 11.2 Å². The van der Waals surface area contributed by atoms with Crippen LogP contribution in [0.1, 0.15) is 37.9 Å². The summed E-state index contributed by atoms with van der Waals surface area (Å²) >= 11 is 0. The van der Waals surface area contributed by atoms with Crippen LogP contribution in [0.3, 0.4) is 0 Å². The van der Waals surface area contributed by atoms with Gasteiger partial charge in [0.1, 0.15) is 5.82 Å². The number of rotatable bonds is 2. The second-order valence-corrected chi connectivity index (χ2v) is 5.53. The zero-order chi connectivity index (χ0) is 12.6. The van der Waals surface area contributed by atoms with Gasteiger partial charge >= 0.3 is 0 Å². The lowest BCUT2D eigenvalue weighted by Crippen LogP contribution is -2.44. The Labute approximate surface area is 107 Å². The highest BCUT2D eigenvalue weighted by Crippen LogP contribution is 2.29. The van der Waals surface area contributed by atoms with E-state index < -0.39 is 0 Å². The van der Waals surface area contributed by atoms with Crippen LogP contribution in [-0.4, -0.2) is 20.1 Å². The maximum atomic E-state index is 6.51. The highest BCUT2D eigenvalue weighted by Gasteiger charge is 2.29. The van der Waals surface area contributed by atoms with Crippen LogP contribution in [-0.2, 0) is 13.5 Å². The smallest absolute Gasteiger partial charge is 0.177 e. The number of imidazole rings is 1. The number of aryl methyl sites for hydroxylation is 1. The average Bonchev–Trinajstić information content (AvgIpc) is 2.67. The van der Waals surface area contributed by atoms with Crippen LogP contribution in [0.25, 0.3) is 11.2 Å². The predicted octanol–water partition coefficient (Wildman–Crippen LogP) is 2.17. The van der Waals surface area contributed by atoms with Gasteiger partial charge in [0, 0.05) is 25.2 Å². The van der Waals surface area contributed by atoms with Crippen molar-refractivity contribution in [2.45, 2.75) is 44.1 Å². The minimum atomic E-state index is -0.0621. The Morgan fingerprint density at radius 3 is 2.83 bits per heavy atom. The lowest BCUT2D eigenvalue weighted by molar-refractivity contribution is 0.288. The van der Waals surface area contributed by atoms with Crippen molar-refractivity contribution in [2.24, 2.45) is 12.8 Å². The molecule has 0 atom stereocenters. The maximum absolute atomic E-state index is 6.51. The Hall–Kier alpha value is -1.42. The number of hydrogen-bond acceptors (Lipinski definition) is 3. The van der Waals surface area contributed by atoms with E-state index in [1.54, 1.807) is 6.20 Å². The fourth-order valence-electron chi connectivity index (χ4n) is 2.98. The summed E-state index contributed by atoms with van der Waals surface area (Å²) in [4.78, 5) is 8.93. The number of aromatic nitrogens is 3. The molecule has 0 spiro atoms. The number of hydrogen-bond donors (Lipinski definition) is 1. The summed E-state index contributed by atoms with van der Waals surface area (Å²) in [6.07, 6.45) is 8.70. The molecule has 4 heteroatoms. The van der Waals surface area contributed by atoms with E-state index in [1.165, 1.54) is 19.3 Å². The molecular weight excluding hydrogens is 224 g/mol. The van der Waals surface area contributed by atoms with Gasteiger partial charge in [-0.15, -0.1) is 0 Å². The van der Waals surface area contributed by atoms with E-state index in [0.717, 1.165) is 36.3 Å². The molecule has 2 aromatic heterocycles. The van der Waals surface area contributed by atoms with Crippen molar-refractivity contribution in [3.05, 3.63) is 24.2 Å². The van der Waals surface area contributed by atoms with Crippen LogP contribution in [0.2, 0.25) is 0 Å². The number of fused-ring (bicyclic) bond motifs is 1. The minimum Gasteiger partial charge on any atom is -0.330 e. The van der Waals surface area contributed by atoms with Gasteiger partial charge in [0.25, 0.3) is 0 Å². The van der Waals surface area contributed by atoms with Crippen LogP contribution in [0.15, 0.2) is 18.3 Å². The molecule has 1 fully saturated rings. The molecule has 1 saturated carbocycles. The van der Waals surface area contributed by atoms with E-state index in [4.69, 9.17) is 5.73 Å². The van der Waals surface area contributed by atoms with Crippen LogP contribution in [0.4, 0.5) is 0 Å². The molecule has 0 radical (unpaired) electrons. The van der Waals surface area contributed by atoms with Gasteiger partial charge in [0.05, 0.1) is 5.52 Å². The third kappa shape index (κ3) is 2.01. The molecule has 1 aliphatic carbocycles. The van der Waals surface area contributed by atoms with E-state index in [9.17, 15) is 0 Å². The fraction of sp³-hybridized carbons (Fsp3) is 0.571. The Kier molecular flexibility index (Phi) is 2.82. The first-order valence-corrected chi connectivity index (χ1v) is 6.73. The molecule has 0 bridgehead atoms. The largest absolute Gasteiger partial charge is 0.330 e. The molecule has 0 aliphatic heterocycles. The Bertz CT molecular complexity index is 552. The highest BCUT2D eigenvalue weighted by atomic mass is 15.1. The van der Waals surface area contributed by atoms with Crippen molar-refractivity contribution in [2.75, 3.05) is 0 Å². The third-order valence-electron chi connectivity index (χ3n) is 4.11. The summed E-state index contributed by atoms with van der Waals surface area (Å²) in [6.45, 7) is 0. The minimum absolute atomic E-state index is 0.0621. The predicted molar refractivity (Wildman–Crippen MR) is 72.2 cm³/mol. The topological polar surface area (TPSA) is 56.7 Å². The third-order valence-corrected chi connectivity index (χ3v) is 4.11. The first-order valence-electron chi connectivity index (χ1n) is 6.73. The second-order valence-electron chi connectivity index (χ2n) is 5.53. The molecule has 0 amide bonds. The first kappa shape index (κ1) is 11.7. The molecule has 3 rings (SSSR count). The second kappa shape index (κ2) is 4.35. The van der Waals surface area contributed by atoms with Gasteiger partial charge in [0.2, 0.25) is 0 Å². The van der Waals surface area contributed by atoms with E-state index in [-0.39, 0.29) is 5.54 Å². The molecule has 1 aliphatic rings. The zero-order valence-corrected chi connectivity index (χ0v) is 10.9. The maximum Gasteiger partial charge on any atom is 0.177 e.